The van der Waals surface area contributed by atoms with E-state index in [9.17, 15) is 14.3 Å². The summed E-state index contributed by atoms with van der Waals surface area (Å²) in [5.74, 6) is -0.630. The number of carbonyl (C=O) groups excluding carboxylic acids is 1. The van der Waals surface area contributed by atoms with Crippen molar-refractivity contribution >= 4 is 11.7 Å². The number of halogens is 1. The molecule has 1 aromatic carbocycles. The molecular weight excluding hydrogens is 313 g/mol. The third-order valence-electron chi connectivity index (χ3n) is 3.69. The first kappa shape index (κ1) is 16.0. The van der Waals surface area contributed by atoms with Gasteiger partial charge in [-0.2, -0.15) is 4.98 Å². The van der Waals surface area contributed by atoms with Crippen LogP contribution in [0.1, 0.15) is 28.8 Å². The molecule has 0 aliphatic rings. The minimum absolute atomic E-state index is 0.0355. The molecule has 3 rings (SSSR count). The van der Waals surface area contributed by atoms with Crippen molar-refractivity contribution in [2.75, 3.05) is 6.54 Å². The van der Waals surface area contributed by atoms with Crippen LogP contribution in [0.25, 0.3) is 5.78 Å². The quantitative estimate of drug-likeness (QED) is 0.750. The first-order valence-corrected chi connectivity index (χ1v) is 7.32. The first-order chi connectivity index (χ1) is 11.4. The van der Waals surface area contributed by atoms with E-state index in [2.05, 4.69) is 20.4 Å². The summed E-state index contributed by atoms with van der Waals surface area (Å²) >= 11 is 0. The van der Waals surface area contributed by atoms with Gasteiger partial charge in [0.05, 0.1) is 6.54 Å². The van der Waals surface area contributed by atoms with Crippen molar-refractivity contribution in [3.63, 3.8) is 0 Å². The molecule has 0 saturated heterocycles. The molecule has 2 N–H and O–H groups in total. The van der Waals surface area contributed by atoms with Gasteiger partial charge in [0.2, 0.25) is 5.82 Å². The van der Waals surface area contributed by atoms with Crippen molar-refractivity contribution < 1.29 is 14.3 Å². The molecule has 7 nitrogen and oxygen atoms in total. The van der Waals surface area contributed by atoms with Gasteiger partial charge in [0.1, 0.15) is 11.4 Å². The van der Waals surface area contributed by atoms with Crippen LogP contribution in [-0.4, -0.2) is 37.1 Å². The van der Waals surface area contributed by atoms with Gasteiger partial charge in [-0.25, -0.2) is 13.9 Å². The maximum atomic E-state index is 13.0. The Balaban J connectivity index is 1.74. The lowest BCUT2D eigenvalue weighted by Gasteiger charge is -2.23. The first-order valence-electron chi connectivity index (χ1n) is 7.32. The van der Waals surface area contributed by atoms with Gasteiger partial charge in [0, 0.05) is 11.9 Å². The molecule has 0 aliphatic carbocycles. The molecule has 124 valence electrons. The van der Waals surface area contributed by atoms with Gasteiger partial charge in [-0.1, -0.05) is 12.1 Å². The summed E-state index contributed by atoms with van der Waals surface area (Å²) in [6.07, 6.45) is 1.58. The van der Waals surface area contributed by atoms with Crippen LogP contribution in [-0.2, 0) is 5.60 Å². The second kappa shape index (κ2) is 5.97. The number of amides is 1. The molecule has 24 heavy (non-hydrogen) atoms. The van der Waals surface area contributed by atoms with E-state index in [0.717, 1.165) is 5.69 Å². The standard InChI is InChI=1S/C16H16FN5O2/c1-10-7-8-18-15-20-13(21-22(10)15)14(23)19-9-16(2,24)11-3-5-12(17)6-4-11/h3-8,24H,9H2,1-2H3,(H,19,23). The van der Waals surface area contributed by atoms with Gasteiger partial charge in [-0.05, 0) is 37.6 Å². The Labute approximate surface area is 137 Å². The van der Waals surface area contributed by atoms with Crippen molar-refractivity contribution in [2.24, 2.45) is 0 Å². The van der Waals surface area contributed by atoms with Gasteiger partial charge in [-0.3, -0.25) is 4.79 Å². The smallest absolute Gasteiger partial charge is 0.291 e. The minimum Gasteiger partial charge on any atom is -0.384 e. The van der Waals surface area contributed by atoms with Crippen molar-refractivity contribution in [3.05, 3.63) is 59.4 Å². The molecule has 1 atom stereocenters. The Bertz CT molecular complexity index is 889. The topological polar surface area (TPSA) is 92.4 Å². The Morgan fingerprint density at radius 3 is 2.71 bits per heavy atom. The van der Waals surface area contributed by atoms with E-state index < -0.39 is 17.3 Å². The molecule has 0 bridgehead atoms. The zero-order valence-electron chi connectivity index (χ0n) is 13.2. The number of nitrogens with one attached hydrogen (secondary N) is 1. The summed E-state index contributed by atoms with van der Waals surface area (Å²) in [7, 11) is 0. The predicted molar refractivity (Wildman–Crippen MR) is 83.8 cm³/mol. The third kappa shape index (κ3) is 3.09. The van der Waals surface area contributed by atoms with E-state index in [-0.39, 0.29) is 12.4 Å². The van der Waals surface area contributed by atoms with E-state index in [4.69, 9.17) is 0 Å². The highest BCUT2D eigenvalue weighted by Gasteiger charge is 2.25. The maximum Gasteiger partial charge on any atom is 0.291 e. The summed E-state index contributed by atoms with van der Waals surface area (Å²) in [5.41, 5.74) is -0.0639. The van der Waals surface area contributed by atoms with E-state index in [1.165, 1.54) is 35.7 Å². The summed E-state index contributed by atoms with van der Waals surface area (Å²) in [5, 5.41) is 17.1. The van der Waals surface area contributed by atoms with Crippen LogP contribution >= 0.6 is 0 Å². The monoisotopic (exact) mass is 329 g/mol. The lowest BCUT2D eigenvalue weighted by molar-refractivity contribution is 0.0523. The SMILES string of the molecule is Cc1ccnc2nc(C(=O)NCC(C)(O)c3ccc(F)cc3)nn12. The van der Waals surface area contributed by atoms with Crippen LogP contribution in [0.2, 0.25) is 0 Å². The molecule has 8 heteroatoms. The lowest BCUT2D eigenvalue weighted by atomic mass is 9.96. The van der Waals surface area contributed by atoms with E-state index in [1.54, 1.807) is 12.3 Å². The average molecular weight is 329 g/mol. The zero-order chi connectivity index (χ0) is 17.3. The summed E-state index contributed by atoms with van der Waals surface area (Å²) in [4.78, 5) is 20.3. The van der Waals surface area contributed by atoms with Crippen LogP contribution in [0.15, 0.2) is 36.5 Å². The third-order valence-corrected chi connectivity index (χ3v) is 3.69. The van der Waals surface area contributed by atoms with Crippen LogP contribution in [0.5, 0.6) is 0 Å². The van der Waals surface area contributed by atoms with Gasteiger partial charge in [0.15, 0.2) is 0 Å². The number of benzene rings is 1. The Kier molecular flexibility index (Phi) is 3.98. The molecule has 1 unspecified atom stereocenters. The fourth-order valence-corrected chi connectivity index (χ4v) is 2.25. The van der Waals surface area contributed by atoms with Gasteiger partial charge in [0.25, 0.3) is 11.7 Å². The number of carbonyl (C=O) groups is 1. The number of nitrogens with zero attached hydrogens (tertiary/aromatic N) is 4. The molecule has 2 heterocycles. The Hall–Kier alpha value is -2.87. The highest BCUT2D eigenvalue weighted by Crippen LogP contribution is 2.20. The van der Waals surface area contributed by atoms with Crippen molar-refractivity contribution in [2.45, 2.75) is 19.4 Å². The van der Waals surface area contributed by atoms with Crippen LogP contribution in [0, 0.1) is 12.7 Å². The number of aromatic nitrogens is 4. The van der Waals surface area contributed by atoms with Crippen molar-refractivity contribution in [1.29, 1.82) is 0 Å². The number of fused-ring (bicyclic) bond motifs is 1. The number of rotatable bonds is 4. The predicted octanol–water partition coefficient (Wildman–Crippen LogP) is 1.21. The Morgan fingerprint density at radius 2 is 2.04 bits per heavy atom. The van der Waals surface area contributed by atoms with Crippen LogP contribution < -0.4 is 5.32 Å². The second-order valence-corrected chi connectivity index (χ2v) is 5.70. The highest BCUT2D eigenvalue weighted by molar-refractivity contribution is 5.90. The maximum absolute atomic E-state index is 13.0. The largest absolute Gasteiger partial charge is 0.384 e. The summed E-state index contributed by atoms with van der Waals surface area (Å²) in [6, 6.07) is 7.20. The van der Waals surface area contributed by atoms with Crippen molar-refractivity contribution in [3.8, 4) is 0 Å². The number of aliphatic hydroxyl groups is 1. The highest BCUT2D eigenvalue weighted by atomic mass is 19.1. The molecule has 2 aromatic heterocycles. The number of hydrogen-bond acceptors (Lipinski definition) is 5. The van der Waals surface area contributed by atoms with Crippen molar-refractivity contribution in [1.82, 2.24) is 24.9 Å². The van der Waals surface area contributed by atoms with E-state index in [0.29, 0.717) is 11.3 Å². The van der Waals surface area contributed by atoms with Gasteiger partial charge in [-0.15, -0.1) is 5.10 Å². The summed E-state index contributed by atoms with van der Waals surface area (Å²) in [6.45, 7) is 3.28. The molecule has 3 aromatic rings. The normalized spacial score (nSPS) is 13.7. The molecule has 0 spiro atoms. The number of aryl methyl sites for hydroxylation is 1. The second-order valence-electron chi connectivity index (χ2n) is 5.70. The molecule has 0 saturated carbocycles. The van der Waals surface area contributed by atoms with E-state index in [1.807, 2.05) is 6.92 Å². The molecule has 1 amide bonds. The lowest BCUT2D eigenvalue weighted by Crippen LogP contribution is -2.39. The molecular formula is C16H16FN5O2. The zero-order valence-corrected chi connectivity index (χ0v) is 13.2. The average Bonchev–Trinajstić information content (AvgIpc) is 2.99. The molecule has 0 radical (unpaired) electrons. The summed E-state index contributed by atoms with van der Waals surface area (Å²) < 4.78 is 14.4. The molecule has 0 fully saturated rings. The van der Waals surface area contributed by atoms with E-state index >= 15 is 0 Å². The Morgan fingerprint density at radius 1 is 1.33 bits per heavy atom. The fraction of sp³-hybridized carbons (Fsp3) is 0.250. The van der Waals surface area contributed by atoms with Crippen LogP contribution in [0.3, 0.4) is 0 Å². The number of hydrogen-bond donors (Lipinski definition) is 2. The minimum atomic E-state index is -1.35. The van der Waals surface area contributed by atoms with Gasteiger partial charge < -0.3 is 10.4 Å². The van der Waals surface area contributed by atoms with Gasteiger partial charge >= 0.3 is 0 Å². The fourth-order valence-electron chi connectivity index (χ4n) is 2.25. The van der Waals surface area contributed by atoms with Crippen LogP contribution in [0.4, 0.5) is 4.39 Å². The molecule has 0 aliphatic heterocycles.